The number of nitrogens with one attached hydrogen (secondary N) is 1. The molecular formula is C17H23N5O2S. The van der Waals surface area contributed by atoms with Crippen molar-refractivity contribution in [1.29, 1.82) is 0 Å². The van der Waals surface area contributed by atoms with E-state index in [1.54, 1.807) is 13.4 Å². The zero-order valence-electron chi connectivity index (χ0n) is 14.4. The molecule has 1 aromatic carbocycles. The van der Waals surface area contributed by atoms with Crippen LogP contribution in [0.1, 0.15) is 12.8 Å². The van der Waals surface area contributed by atoms with Crippen molar-refractivity contribution in [2.45, 2.75) is 24.5 Å². The first kappa shape index (κ1) is 17.8. The molecule has 1 N–H and O–H groups in total. The first-order valence-electron chi connectivity index (χ1n) is 8.40. The quantitative estimate of drug-likeness (QED) is 0.727. The number of hydrogen-bond donors (Lipinski definition) is 1. The van der Waals surface area contributed by atoms with Crippen LogP contribution in [0.3, 0.4) is 0 Å². The second kappa shape index (κ2) is 8.87. The molecule has 1 amide bonds. The van der Waals surface area contributed by atoms with Gasteiger partial charge in [0.15, 0.2) is 5.16 Å². The standard InChI is InChI=1S/C17H23N5O2S/c1-24-11-10-22-13-18-20-17(22)25-12-16(23)19-14-4-6-15(7-5-14)21-8-2-3-9-21/h4-7,13H,2-3,8-12H2,1H3,(H,19,23). The van der Waals surface area contributed by atoms with E-state index in [-0.39, 0.29) is 5.91 Å². The summed E-state index contributed by atoms with van der Waals surface area (Å²) in [7, 11) is 1.65. The van der Waals surface area contributed by atoms with Gasteiger partial charge in [0.1, 0.15) is 6.33 Å². The highest BCUT2D eigenvalue weighted by Crippen LogP contribution is 2.22. The minimum absolute atomic E-state index is 0.0554. The summed E-state index contributed by atoms with van der Waals surface area (Å²) >= 11 is 1.37. The third-order valence-corrected chi connectivity index (χ3v) is 5.05. The highest BCUT2D eigenvalue weighted by Gasteiger charge is 2.12. The Morgan fingerprint density at radius 3 is 2.76 bits per heavy atom. The summed E-state index contributed by atoms with van der Waals surface area (Å²) in [5.74, 6) is 0.236. The zero-order valence-corrected chi connectivity index (χ0v) is 15.2. The number of aromatic nitrogens is 3. The number of carbonyl (C=O) groups excluding carboxylic acids is 1. The minimum atomic E-state index is -0.0554. The number of nitrogens with zero attached hydrogens (tertiary/aromatic N) is 4. The van der Waals surface area contributed by atoms with Gasteiger partial charge in [-0.25, -0.2) is 0 Å². The molecule has 8 heteroatoms. The summed E-state index contributed by atoms with van der Waals surface area (Å²) in [6.07, 6.45) is 4.16. The second-order valence-corrected chi connectivity index (χ2v) is 6.82. The van der Waals surface area contributed by atoms with Crippen LogP contribution in [0.4, 0.5) is 11.4 Å². The van der Waals surface area contributed by atoms with Gasteiger partial charge in [-0.1, -0.05) is 11.8 Å². The molecular weight excluding hydrogens is 338 g/mol. The normalized spacial score (nSPS) is 14.0. The van der Waals surface area contributed by atoms with E-state index in [0.717, 1.165) is 23.9 Å². The van der Waals surface area contributed by atoms with Crippen molar-refractivity contribution in [3.05, 3.63) is 30.6 Å². The molecule has 1 aliphatic heterocycles. The molecule has 0 radical (unpaired) electrons. The first-order valence-corrected chi connectivity index (χ1v) is 9.39. The van der Waals surface area contributed by atoms with Crippen molar-refractivity contribution in [2.24, 2.45) is 0 Å². The number of thioether (sulfide) groups is 1. The average molecular weight is 361 g/mol. The third kappa shape index (κ3) is 4.96. The van der Waals surface area contributed by atoms with Gasteiger partial charge >= 0.3 is 0 Å². The Morgan fingerprint density at radius 1 is 1.28 bits per heavy atom. The Bertz CT molecular complexity index is 683. The summed E-state index contributed by atoms with van der Waals surface area (Å²) in [6, 6.07) is 8.04. The number of methoxy groups -OCH3 is 1. The largest absolute Gasteiger partial charge is 0.383 e. The first-order chi connectivity index (χ1) is 12.3. The van der Waals surface area contributed by atoms with E-state index >= 15 is 0 Å². The molecule has 7 nitrogen and oxygen atoms in total. The van der Waals surface area contributed by atoms with Gasteiger partial charge in [0.2, 0.25) is 5.91 Å². The van der Waals surface area contributed by atoms with Crippen LogP contribution in [0.2, 0.25) is 0 Å². The smallest absolute Gasteiger partial charge is 0.234 e. The molecule has 0 atom stereocenters. The van der Waals surface area contributed by atoms with Crippen molar-refractivity contribution in [1.82, 2.24) is 14.8 Å². The molecule has 1 aliphatic rings. The van der Waals surface area contributed by atoms with E-state index < -0.39 is 0 Å². The van der Waals surface area contributed by atoms with Crippen molar-refractivity contribution in [2.75, 3.05) is 42.8 Å². The fourth-order valence-corrected chi connectivity index (χ4v) is 3.50. The van der Waals surface area contributed by atoms with E-state index in [1.165, 1.54) is 30.3 Å². The van der Waals surface area contributed by atoms with Crippen LogP contribution in [0.15, 0.2) is 35.7 Å². The van der Waals surface area contributed by atoms with Gasteiger partial charge in [-0.2, -0.15) is 0 Å². The van der Waals surface area contributed by atoms with Crippen LogP contribution in [-0.4, -0.2) is 53.2 Å². The molecule has 2 aromatic rings. The Labute approximate surface area is 151 Å². The van der Waals surface area contributed by atoms with Gasteiger partial charge in [-0.15, -0.1) is 10.2 Å². The summed E-state index contributed by atoms with van der Waals surface area (Å²) in [5, 5.41) is 11.6. The lowest BCUT2D eigenvalue weighted by molar-refractivity contribution is -0.113. The maximum absolute atomic E-state index is 12.1. The van der Waals surface area contributed by atoms with Crippen LogP contribution in [0, 0.1) is 0 Å². The Morgan fingerprint density at radius 2 is 2.04 bits per heavy atom. The minimum Gasteiger partial charge on any atom is -0.383 e. The molecule has 1 aromatic heterocycles. The molecule has 2 heterocycles. The topological polar surface area (TPSA) is 72.3 Å². The SMILES string of the molecule is COCCn1cnnc1SCC(=O)Nc1ccc(N2CCCC2)cc1. The van der Waals surface area contributed by atoms with Crippen molar-refractivity contribution >= 4 is 29.0 Å². The van der Waals surface area contributed by atoms with E-state index in [9.17, 15) is 4.79 Å². The fourth-order valence-electron chi connectivity index (χ4n) is 2.76. The average Bonchev–Trinajstić information content (AvgIpc) is 3.30. The van der Waals surface area contributed by atoms with Gasteiger partial charge < -0.3 is 19.5 Å². The predicted octanol–water partition coefficient (Wildman–Crippen LogP) is 2.26. The second-order valence-electron chi connectivity index (χ2n) is 5.88. The van der Waals surface area contributed by atoms with Gasteiger partial charge in [0.05, 0.1) is 12.4 Å². The van der Waals surface area contributed by atoms with Gasteiger partial charge in [0, 0.05) is 38.1 Å². The molecule has 3 rings (SSSR count). The van der Waals surface area contributed by atoms with Crippen LogP contribution in [-0.2, 0) is 16.1 Å². The monoisotopic (exact) mass is 361 g/mol. The van der Waals surface area contributed by atoms with Gasteiger partial charge in [0.25, 0.3) is 0 Å². The molecule has 0 unspecified atom stereocenters. The molecule has 0 saturated carbocycles. The van der Waals surface area contributed by atoms with Crippen molar-refractivity contribution < 1.29 is 9.53 Å². The maximum Gasteiger partial charge on any atom is 0.234 e. The Hall–Kier alpha value is -2.06. The fraction of sp³-hybridized carbons (Fsp3) is 0.471. The summed E-state index contributed by atoms with van der Waals surface area (Å²) in [6.45, 7) is 3.49. The Balaban J connectivity index is 1.48. The van der Waals surface area contributed by atoms with Crippen LogP contribution < -0.4 is 10.2 Å². The lowest BCUT2D eigenvalue weighted by Crippen LogP contribution is -2.18. The maximum atomic E-state index is 12.1. The van der Waals surface area contributed by atoms with Gasteiger partial charge in [-0.3, -0.25) is 4.79 Å². The molecule has 0 aliphatic carbocycles. The molecule has 0 spiro atoms. The molecule has 25 heavy (non-hydrogen) atoms. The van der Waals surface area contributed by atoms with Crippen LogP contribution in [0.25, 0.3) is 0 Å². The number of rotatable bonds is 8. The van der Waals surface area contributed by atoms with Gasteiger partial charge in [-0.05, 0) is 37.1 Å². The van der Waals surface area contributed by atoms with Crippen molar-refractivity contribution in [3.8, 4) is 0 Å². The number of amides is 1. The summed E-state index contributed by atoms with van der Waals surface area (Å²) in [4.78, 5) is 14.5. The Kier molecular flexibility index (Phi) is 6.30. The van der Waals surface area contributed by atoms with E-state index in [4.69, 9.17) is 4.74 Å². The lowest BCUT2D eigenvalue weighted by Gasteiger charge is -2.17. The zero-order chi connectivity index (χ0) is 17.5. The summed E-state index contributed by atoms with van der Waals surface area (Å²) < 4.78 is 6.93. The highest BCUT2D eigenvalue weighted by atomic mass is 32.2. The van der Waals surface area contributed by atoms with Crippen LogP contribution >= 0.6 is 11.8 Å². The van der Waals surface area contributed by atoms with E-state index in [2.05, 4.69) is 32.5 Å². The predicted molar refractivity (Wildman–Crippen MR) is 99.1 cm³/mol. The van der Waals surface area contributed by atoms with Crippen LogP contribution in [0.5, 0.6) is 0 Å². The molecule has 1 saturated heterocycles. The lowest BCUT2D eigenvalue weighted by atomic mass is 10.2. The summed E-state index contributed by atoms with van der Waals surface area (Å²) in [5.41, 5.74) is 2.03. The number of ether oxygens (including phenoxy) is 1. The van der Waals surface area contributed by atoms with E-state index in [1.807, 2.05) is 16.7 Å². The molecule has 134 valence electrons. The highest BCUT2D eigenvalue weighted by molar-refractivity contribution is 7.99. The number of carbonyl (C=O) groups is 1. The molecule has 0 bridgehead atoms. The molecule has 1 fully saturated rings. The third-order valence-electron chi connectivity index (χ3n) is 4.07. The number of anilines is 2. The number of benzene rings is 1. The number of hydrogen-bond acceptors (Lipinski definition) is 6. The van der Waals surface area contributed by atoms with E-state index in [0.29, 0.717) is 18.9 Å². The van der Waals surface area contributed by atoms with Crippen molar-refractivity contribution in [3.63, 3.8) is 0 Å².